The average Bonchev–Trinajstić information content (AvgIpc) is 3.12. The van der Waals surface area contributed by atoms with Gasteiger partial charge in [0.1, 0.15) is 18.9 Å². The third kappa shape index (κ3) is 5.98. The number of carbonyl (C=O) groups is 1. The highest BCUT2D eigenvalue weighted by atomic mass is 35.5. The second kappa shape index (κ2) is 9.80. The molecule has 0 saturated carbocycles. The smallest absolute Gasteiger partial charge is 0.244 e. The lowest BCUT2D eigenvalue weighted by molar-refractivity contribution is -0.144. The Labute approximate surface area is 176 Å². The van der Waals surface area contributed by atoms with E-state index in [-0.39, 0.29) is 24.7 Å². The summed E-state index contributed by atoms with van der Waals surface area (Å²) in [6, 6.07) is 5.66. The van der Waals surface area contributed by atoms with Crippen molar-refractivity contribution in [1.82, 2.24) is 14.7 Å². The van der Waals surface area contributed by atoms with Crippen molar-refractivity contribution < 1.29 is 14.3 Å². The zero-order chi connectivity index (χ0) is 20.8. The van der Waals surface area contributed by atoms with Gasteiger partial charge in [0.25, 0.3) is 0 Å². The highest BCUT2D eigenvalue weighted by Crippen LogP contribution is 2.26. The Morgan fingerprint density at radius 2 is 2.17 bits per heavy atom. The SMILES string of the molecule is C=CCOc1ccc(CNc2cnn(CC(=O)N3C[C@H](C)O[C@@H](C)C3)c2)cc1Cl. The minimum atomic E-state index is 0.0449. The average molecular weight is 419 g/mol. The number of benzene rings is 1. The molecule has 0 unspecified atom stereocenters. The summed E-state index contributed by atoms with van der Waals surface area (Å²) in [5.74, 6) is 0.678. The number of carbonyl (C=O) groups excluding carboxylic acids is 1. The molecule has 1 aliphatic heterocycles. The predicted molar refractivity (Wildman–Crippen MR) is 113 cm³/mol. The van der Waals surface area contributed by atoms with Crippen LogP contribution in [0.5, 0.6) is 5.75 Å². The van der Waals surface area contributed by atoms with Crippen molar-refractivity contribution in [1.29, 1.82) is 0 Å². The molecule has 1 aliphatic rings. The first-order valence-corrected chi connectivity index (χ1v) is 10.0. The van der Waals surface area contributed by atoms with Crippen molar-refractivity contribution in [3.8, 4) is 5.75 Å². The lowest BCUT2D eigenvalue weighted by atomic mass is 10.2. The summed E-state index contributed by atoms with van der Waals surface area (Å²) in [6.07, 6.45) is 5.32. The van der Waals surface area contributed by atoms with Crippen LogP contribution in [0.15, 0.2) is 43.2 Å². The van der Waals surface area contributed by atoms with E-state index in [1.54, 1.807) is 17.0 Å². The number of amides is 1. The van der Waals surface area contributed by atoms with Gasteiger partial charge in [0.05, 0.1) is 29.1 Å². The molecule has 29 heavy (non-hydrogen) atoms. The summed E-state index contributed by atoms with van der Waals surface area (Å²) in [5, 5.41) is 8.14. The summed E-state index contributed by atoms with van der Waals surface area (Å²) in [4.78, 5) is 14.4. The van der Waals surface area contributed by atoms with Gasteiger partial charge in [0, 0.05) is 25.8 Å². The van der Waals surface area contributed by atoms with Gasteiger partial charge < -0.3 is 19.7 Å². The minimum absolute atomic E-state index is 0.0449. The highest BCUT2D eigenvalue weighted by Gasteiger charge is 2.25. The third-order valence-electron chi connectivity index (χ3n) is 4.55. The number of rotatable bonds is 8. The number of hydrogen-bond donors (Lipinski definition) is 1. The molecular formula is C21H27ClN4O3. The van der Waals surface area contributed by atoms with Gasteiger partial charge in [-0.05, 0) is 31.5 Å². The van der Waals surface area contributed by atoms with Crippen LogP contribution in [0, 0.1) is 0 Å². The largest absolute Gasteiger partial charge is 0.488 e. The first-order valence-electron chi connectivity index (χ1n) is 9.66. The van der Waals surface area contributed by atoms with Gasteiger partial charge in [-0.25, -0.2) is 0 Å². The number of halogens is 1. The van der Waals surface area contributed by atoms with Crippen LogP contribution in [0.25, 0.3) is 0 Å². The lowest BCUT2D eigenvalue weighted by Gasteiger charge is -2.35. The Balaban J connectivity index is 1.52. The van der Waals surface area contributed by atoms with Crippen LogP contribution >= 0.6 is 11.6 Å². The fourth-order valence-electron chi connectivity index (χ4n) is 3.29. The molecule has 156 valence electrons. The Morgan fingerprint density at radius 1 is 1.41 bits per heavy atom. The molecule has 2 heterocycles. The van der Waals surface area contributed by atoms with E-state index in [9.17, 15) is 4.79 Å². The predicted octanol–water partition coefficient (Wildman–Crippen LogP) is 3.35. The van der Waals surface area contributed by atoms with Gasteiger partial charge in [-0.1, -0.05) is 30.3 Å². The van der Waals surface area contributed by atoms with Gasteiger partial charge in [0.2, 0.25) is 5.91 Å². The molecule has 2 aromatic rings. The van der Waals surface area contributed by atoms with Gasteiger partial charge in [-0.15, -0.1) is 0 Å². The Kier molecular flexibility index (Phi) is 7.17. The third-order valence-corrected chi connectivity index (χ3v) is 4.85. The lowest BCUT2D eigenvalue weighted by Crippen LogP contribution is -2.49. The summed E-state index contributed by atoms with van der Waals surface area (Å²) in [6.45, 7) is 10.0. The Bertz CT molecular complexity index is 844. The molecular weight excluding hydrogens is 392 g/mol. The second-order valence-electron chi connectivity index (χ2n) is 7.20. The molecule has 1 saturated heterocycles. The molecule has 1 fully saturated rings. The Hall–Kier alpha value is -2.51. The van der Waals surface area contributed by atoms with E-state index in [2.05, 4.69) is 17.0 Å². The van der Waals surface area contributed by atoms with Crippen molar-refractivity contribution in [3.05, 3.63) is 53.8 Å². The summed E-state index contributed by atoms with van der Waals surface area (Å²) < 4.78 is 12.8. The molecule has 8 heteroatoms. The minimum Gasteiger partial charge on any atom is -0.488 e. The summed E-state index contributed by atoms with van der Waals surface area (Å²) in [7, 11) is 0. The van der Waals surface area contributed by atoms with Gasteiger partial charge in [-0.3, -0.25) is 9.48 Å². The van der Waals surface area contributed by atoms with E-state index in [0.717, 1.165) is 11.3 Å². The van der Waals surface area contributed by atoms with Gasteiger partial charge in [0.15, 0.2) is 0 Å². The number of ether oxygens (including phenoxy) is 2. The van der Waals surface area contributed by atoms with Crippen LogP contribution in [0.4, 0.5) is 5.69 Å². The van der Waals surface area contributed by atoms with E-state index >= 15 is 0 Å². The van der Waals surface area contributed by atoms with E-state index in [0.29, 0.717) is 37.0 Å². The van der Waals surface area contributed by atoms with Gasteiger partial charge in [-0.2, -0.15) is 5.10 Å². The topological polar surface area (TPSA) is 68.6 Å². The first-order chi connectivity index (χ1) is 13.9. The number of nitrogens with zero attached hydrogens (tertiary/aromatic N) is 3. The molecule has 0 bridgehead atoms. The fourth-order valence-corrected chi connectivity index (χ4v) is 3.54. The van der Waals surface area contributed by atoms with Crippen molar-refractivity contribution in [2.45, 2.75) is 39.1 Å². The van der Waals surface area contributed by atoms with Crippen LogP contribution in [-0.2, 0) is 22.6 Å². The molecule has 7 nitrogen and oxygen atoms in total. The maximum atomic E-state index is 12.5. The number of morpholine rings is 1. The van der Waals surface area contributed by atoms with Gasteiger partial charge >= 0.3 is 0 Å². The standard InChI is InChI=1S/C21H27ClN4O3/c1-4-7-28-20-6-5-17(8-19(20)22)9-23-18-10-24-26(13-18)14-21(27)25-11-15(2)29-16(3)12-25/h4-6,8,10,13,15-16,23H,1,7,9,11-12,14H2,2-3H3/t15-,16-/m0/s1. The normalized spacial score (nSPS) is 19.1. The number of nitrogens with one attached hydrogen (secondary N) is 1. The van der Waals surface area contributed by atoms with E-state index in [1.807, 2.05) is 43.1 Å². The van der Waals surface area contributed by atoms with Crippen molar-refractivity contribution in [3.63, 3.8) is 0 Å². The number of aromatic nitrogens is 2. The van der Waals surface area contributed by atoms with E-state index in [1.165, 1.54) is 0 Å². The zero-order valence-electron chi connectivity index (χ0n) is 16.8. The molecule has 1 N–H and O–H groups in total. The van der Waals surface area contributed by atoms with Crippen LogP contribution < -0.4 is 10.1 Å². The molecule has 1 aromatic carbocycles. The van der Waals surface area contributed by atoms with E-state index < -0.39 is 0 Å². The van der Waals surface area contributed by atoms with Crippen LogP contribution in [-0.4, -0.2) is 52.5 Å². The van der Waals surface area contributed by atoms with Crippen LogP contribution in [0.2, 0.25) is 5.02 Å². The second-order valence-corrected chi connectivity index (χ2v) is 7.61. The molecule has 1 aromatic heterocycles. The van der Waals surface area contributed by atoms with Crippen LogP contribution in [0.3, 0.4) is 0 Å². The number of hydrogen-bond acceptors (Lipinski definition) is 5. The van der Waals surface area contributed by atoms with Crippen molar-refractivity contribution in [2.75, 3.05) is 25.0 Å². The van der Waals surface area contributed by atoms with E-state index in [4.69, 9.17) is 21.1 Å². The van der Waals surface area contributed by atoms with Crippen molar-refractivity contribution >= 4 is 23.2 Å². The fraction of sp³-hybridized carbons (Fsp3) is 0.429. The summed E-state index contributed by atoms with van der Waals surface area (Å²) >= 11 is 6.25. The zero-order valence-corrected chi connectivity index (χ0v) is 17.6. The monoisotopic (exact) mass is 418 g/mol. The molecule has 2 atom stereocenters. The molecule has 0 aliphatic carbocycles. The number of anilines is 1. The first kappa shape index (κ1) is 21.2. The van der Waals surface area contributed by atoms with Crippen molar-refractivity contribution in [2.24, 2.45) is 0 Å². The maximum absolute atomic E-state index is 12.5. The maximum Gasteiger partial charge on any atom is 0.244 e. The quantitative estimate of drug-likeness (QED) is 0.666. The molecule has 3 rings (SSSR count). The molecule has 1 amide bonds. The van der Waals surface area contributed by atoms with Crippen LogP contribution in [0.1, 0.15) is 19.4 Å². The molecule has 0 radical (unpaired) electrons. The summed E-state index contributed by atoms with van der Waals surface area (Å²) in [5.41, 5.74) is 1.85. The Morgan fingerprint density at radius 3 is 2.86 bits per heavy atom. The molecule has 0 spiro atoms. The highest BCUT2D eigenvalue weighted by molar-refractivity contribution is 6.32.